The Morgan fingerprint density at radius 1 is 1.22 bits per heavy atom. The zero-order chi connectivity index (χ0) is 16.4. The van der Waals surface area contributed by atoms with Gasteiger partial charge >= 0.3 is 0 Å². The van der Waals surface area contributed by atoms with E-state index in [4.69, 9.17) is 4.74 Å². The number of nitrogens with one attached hydrogen (secondary N) is 1. The topological polar surface area (TPSA) is 74.0 Å². The second kappa shape index (κ2) is 5.96. The molecule has 0 saturated carbocycles. The molecule has 0 atom stereocenters. The fourth-order valence-electron chi connectivity index (χ4n) is 2.28. The number of aromatic nitrogens is 4. The van der Waals surface area contributed by atoms with Crippen molar-refractivity contribution in [1.29, 1.82) is 0 Å². The van der Waals surface area contributed by atoms with Crippen LogP contribution in [0.15, 0.2) is 42.6 Å². The molecule has 0 aliphatic heterocycles. The Balaban J connectivity index is 1.91. The molecule has 0 aliphatic carbocycles. The highest BCUT2D eigenvalue weighted by molar-refractivity contribution is 6.04. The number of methoxy groups -OCH3 is 1. The standard InChI is InChI=1S/C16H17N5O2/c1-11-9-14(20(2)18-11)17-16(22)15-13(23-3)10-21(19-15)12-7-5-4-6-8-12/h4-10H,1-3H3,(H,17,22). The van der Waals surface area contributed by atoms with Crippen LogP contribution in [0.4, 0.5) is 5.82 Å². The predicted molar refractivity (Wildman–Crippen MR) is 86.0 cm³/mol. The van der Waals surface area contributed by atoms with Gasteiger partial charge in [-0.3, -0.25) is 9.48 Å². The average Bonchev–Trinajstić information content (AvgIpc) is 3.11. The lowest BCUT2D eigenvalue weighted by Gasteiger charge is -2.04. The molecule has 2 heterocycles. The smallest absolute Gasteiger partial charge is 0.281 e. The van der Waals surface area contributed by atoms with Crippen LogP contribution in [-0.4, -0.2) is 32.6 Å². The number of hydrogen-bond donors (Lipinski definition) is 1. The quantitative estimate of drug-likeness (QED) is 0.801. The van der Waals surface area contributed by atoms with Gasteiger partial charge in [-0.1, -0.05) is 18.2 Å². The first kappa shape index (κ1) is 14.8. The zero-order valence-corrected chi connectivity index (χ0v) is 13.1. The molecule has 0 bridgehead atoms. The SMILES string of the molecule is COc1cn(-c2ccccc2)nc1C(=O)Nc1cc(C)nn1C. The molecule has 118 valence electrons. The van der Waals surface area contributed by atoms with Crippen molar-refractivity contribution in [3.8, 4) is 11.4 Å². The lowest BCUT2D eigenvalue weighted by Crippen LogP contribution is -2.16. The van der Waals surface area contributed by atoms with Gasteiger partial charge in [0.05, 0.1) is 24.7 Å². The largest absolute Gasteiger partial charge is 0.493 e. The first-order valence-corrected chi connectivity index (χ1v) is 7.09. The first-order valence-electron chi connectivity index (χ1n) is 7.09. The van der Waals surface area contributed by atoms with Gasteiger partial charge in [0.25, 0.3) is 5.91 Å². The minimum Gasteiger partial charge on any atom is -0.493 e. The lowest BCUT2D eigenvalue weighted by atomic mass is 10.3. The van der Waals surface area contributed by atoms with Crippen LogP contribution < -0.4 is 10.1 Å². The summed E-state index contributed by atoms with van der Waals surface area (Å²) in [5, 5.41) is 11.3. The fraction of sp³-hybridized carbons (Fsp3) is 0.188. The Morgan fingerprint density at radius 3 is 2.57 bits per heavy atom. The van der Waals surface area contributed by atoms with Crippen LogP contribution in [-0.2, 0) is 7.05 Å². The molecule has 0 fully saturated rings. The zero-order valence-electron chi connectivity index (χ0n) is 13.1. The van der Waals surface area contributed by atoms with Crippen LogP contribution in [0.25, 0.3) is 5.69 Å². The van der Waals surface area contributed by atoms with E-state index in [2.05, 4.69) is 15.5 Å². The van der Waals surface area contributed by atoms with Crippen molar-refractivity contribution in [3.63, 3.8) is 0 Å². The van der Waals surface area contributed by atoms with Crippen molar-refractivity contribution in [3.05, 3.63) is 54.0 Å². The highest BCUT2D eigenvalue weighted by Gasteiger charge is 2.19. The molecular weight excluding hydrogens is 294 g/mol. The van der Waals surface area contributed by atoms with Crippen LogP contribution in [0.1, 0.15) is 16.2 Å². The lowest BCUT2D eigenvalue weighted by molar-refractivity contribution is 0.101. The molecule has 7 nitrogen and oxygen atoms in total. The third-order valence-corrected chi connectivity index (χ3v) is 3.38. The number of hydrogen-bond acceptors (Lipinski definition) is 4. The van der Waals surface area contributed by atoms with Crippen molar-refractivity contribution in [1.82, 2.24) is 19.6 Å². The summed E-state index contributed by atoms with van der Waals surface area (Å²) < 4.78 is 8.49. The maximum Gasteiger partial charge on any atom is 0.281 e. The minimum atomic E-state index is -0.348. The van der Waals surface area contributed by atoms with Gasteiger partial charge in [-0.05, 0) is 19.1 Å². The van der Waals surface area contributed by atoms with Crippen LogP contribution in [0.2, 0.25) is 0 Å². The Kier molecular flexibility index (Phi) is 3.84. The van der Waals surface area contributed by atoms with E-state index in [0.29, 0.717) is 11.6 Å². The van der Waals surface area contributed by atoms with Gasteiger partial charge in [-0.15, -0.1) is 0 Å². The molecule has 3 aromatic rings. The Morgan fingerprint density at radius 2 is 1.96 bits per heavy atom. The van der Waals surface area contributed by atoms with Crippen molar-refractivity contribution < 1.29 is 9.53 Å². The summed E-state index contributed by atoms with van der Waals surface area (Å²) in [4.78, 5) is 12.5. The summed E-state index contributed by atoms with van der Waals surface area (Å²) in [6.45, 7) is 1.86. The summed E-state index contributed by atoms with van der Waals surface area (Å²) in [6.07, 6.45) is 1.68. The summed E-state index contributed by atoms with van der Waals surface area (Å²) in [5.41, 5.74) is 1.89. The number of para-hydroxylation sites is 1. The van der Waals surface area contributed by atoms with Crippen molar-refractivity contribution in [2.45, 2.75) is 6.92 Å². The minimum absolute atomic E-state index is 0.218. The monoisotopic (exact) mass is 311 g/mol. The molecule has 7 heteroatoms. The maximum absolute atomic E-state index is 12.5. The molecule has 3 rings (SSSR count). The number of aryl methyl sites for hydroxylation is 2. The highest BCUT2D eigenvalue weighted by Crippen LogP contribution is 2.21. The van der Waals surface area contributed by atoms with E-state index in [1.165, 1.54) is 7.11 Å². The maximum atomic E-state index is 12.5. The van der Waals surface area contributed by atoms with E-state index < -0.39 is 0 Å². The van der Waals surface area contributed by atoms with E-state index in [1.54, 1.807) is 28.7 Å². The fourth-order valence-corrected chi connectivity index (χ4v) is 2.28. The third-order valence-electron chi connectivity index (χ3n) is 3.38. The molecule has 23 heavy (non-hydrogen) atoms. The summed E-state index contributed by atoms with van der Waals surface area (Å²) >= 11 is 0. The normalized spacial score (nSPS) is 10.6. The second-order valence-electron chi connectivity index (χ2n) is 5.07. The van der Waals surface area contributed by atoms with Gasteiger partial charge in [0, 0.05) is 13.1 Å². The summed E-state index contributed by atoms with van der Waals surface area (Å²) in [7, 11) is 3.28. The average molecular weight is 311 g/mol. The number of nitrogens with zero attached hydrogens (tertiary/aromatic N) is 4. The molecule has 1 amide bonds. The van der Waals surface area contributed by atoms with Gasteiger partial charge in [0.2, 0.25) is 0 Å². The third kappa shape index (κ3) is 2.94. The number of benzene rings is 1. The first-order chi connectivity index (χ1) is 11.1. The van der Waals surface area contributed by atoms with Crippen LogP contribution in [0.3, 0.4) is 0 Å². The van der Waals surface area contributed by atoms with Crippen molar-refractivity contribution in [2.75, 3.05) is 12.4 Å². The summed E-state index contributed by atoms with van der Waals surface area (Å²) in [5.74, 6) is 0.661. The molecular formula is C16H17N5O2. The highest BCUT2D eigenvalue weighted by atomic mass is 16.5. The predicted octanol–water partition coefficient (Wildman–Crippen LogP) is 2.18. The molecule has 1 aromatic carbocycles. The van der Waals surface area contributed by atoms with Gasteiger partial charge in [0.1, 0.15) is 5.82 Å². The van der Waals surface area contributed by atoms with Gasteiger partial charge in [-0.25, -0.2) is 4.68 Å². The number of anilines is 1. The van der Waals surface area contributed by atoms with Gasteiger partial charge < -0.3 is 10.1 Å². The number of amides is 1. The number of carbonyl (C=O) groups excluding carboxylic acids is 1. The van der Waals surface area contributed by atoms with Crippen molar-refractivity contribution >= 4 is 11.7 Å². The summed E-state index contributed by atoms with van der Waals surface area (Å²) in [6, 6.07) is 11.3. The Bertz CT molecular complexity index is 836. The van der Waals surface area contributed by atoms with Crippen LogP contribution in [0, 0.1) is 6.92 Å². The molecule has 2 aromatic heterocycles. The number of carbonyl (C=O) groups is 1. The van der Waals surface area contributed by atoms with E-state index in [-0.39, 0.29) is 11.6 Å². The van der Waals surface area contributed by atoms with E-state index in [1.807, 2.05) is 37.3 Å². The second-order valence-corrected chi connectivity index (χ2v) is 5.07. The van der Waals surface area contributed by atoms with Gasteiger partial charge in [0.15, 0.2) is 11.4 Å². The molecule has 0 unspecified atom stereocenters. The molecule has 0 aliphatic rings. The number of ether oxygens (including phenoxy) is 1. The van der Waals surface area contributed by atoms with Crippen molar-refractivity contribution in [2.24, 2.45) is 7.05 Å². The Hall–Kier alpha value is -3.09. The van der Waals surface area contributed by atoms with Gasteiger partial charge in [-0.2, -0.15) is 10.2 Å². The molecule has 1 N–H and O–H groups in total. The Labute approximate surface area is 133 Å². The van der Waals surface area contributed by atoms with E-state index in [0.717, 1.165) is 11.4 Å². The van der Waals surface area contributed by atoms with Crippen LogP contribution in [0.5, 0.6) is 5.75 Å². The van der Waals surface area contributed by atoms with E-state index in [9.17, 15) is 4.79 Å². The molecule has 0 radical (unpaired) electrons. The molecule has 0 spiro atoms. The number of rotatable bonds is 4. The van der Waals surface area contributed by atoms with E-state index >= 15 is 0 Å². The van der Waals surface area contributed by atoms with Crippen LogP contribution >= 0.6 is 0 Å². The molecule has 0 saturated heterocycles.